The lowest BCUT2D eigenvalue weighted by Gasteiger charge is -2.14. The number of aromatic nitrogens is 2. The standard InChI is InChI=1S/C20H21N5O4S2/c1-3-29-17-7-5-4-6-16(17)24-20(30)23-14-8-10-15(11-9-14)31(26,27)25-18-12-19(28-2)22-13-21-18/h4-13H,3H2,1-2H3,(H,21,22,25)(H2,23,24,30). The molecule has 0 atom stereocenters. The Morgan fingerprint density at radius 3 is 2.52 bits per heavy atom. The van der Waals surface area contributed by atoms with E-state index in [1.807, 2.05) is 31.2 Å². The molecule has 0 aliphatic heterocycles. The molecule has 3 N–H and O–H groups in total. The number of hydrogen-bond donors (Lipinski definition) is 3. The van der Waals surface area contributed by atoms with Crippen LogP contribution >= 0.6 is 12.2 Å². The molecule has 0 radical (unpaired) electrons. The SMILES string of the molecule is CCOc1ccccc1NC(=S)Nc1ccc(S(=O)(=O)Nc2cc(OC)ncn2)cc1. The number of sulfonamides is 1. The second-order valence-electron chi connectivity index (χ2n) is 6.08. The predicted octanol–water partition coefficient (Wildman–Crippen LogP) is 3.49. The van der Waals surface area contributed by atoms with E-state index >= 15 is 0 Å². The van der Waals surface area contributed by atoms with Crippen molar-refractivity contribution < 1.29 is 17.9 Å². The maximum atomic E-state index is 12.6. The summed E-state index contributed by atoms with van der Waals surface area (Å²) >= 11 is 5.34. The number of methoxy groups -OCH3 is 1. The number of anilines is 3. The van der Waals surface area contributed by atoms with Crippen molar-refractivity contribution >= 4 is 44.5 Å². The second-order valence-corrected chi connectivity index (χ2v) is 8.17. The fraction of sp³-hybridized carbons (Fsp3) is 0.150. The van der Waals surface area contributed by atoms with Gasteiger partial charge in [0.05, 0.1) is 24.3 Å². The average Bonchev–Trinajstić information content (AvgIpc) is 2.75. The molecule has 9 nitrogen and oxygen atoms in total. The van der Waals surface area contributed by atoms with E-state index in [1.54, 1.807) is 12.1 Å². The molecule has 0 saturated carbocycles. The number of thiocarbonyl (C=S) groups is 1. The number of ether oxygens (including phenoxy) is 2. The first-order chi connectivity index (χ1) is 14.9. The van der Waals surface area contributed by atoms with E-state index in [9.17, 15) is 8.42 Å². The van der Waals surface area contributed by atoms with Gasteiger partial charge in [0.25, 0.3) is 10.0 Å². The van der Waals surface area contributed by atoms with Gasteiger partial charge in [-0.15, -0.1) is 0 Å². The van der Waals surface area contributed by atoms with Gasteiger partial charge in [-0.05, 0) is 55.5 Å². The van der Waals surface area contributed by atoms with Crippen molar-refractivity contribution in [2.24, 2.45) is 0 Å². The number of hydrogen-bond acceptors (Lipinski definition) is 7. The maximum absolute atomic E-state index is 12.6. The third-order valence-electron chi connectivity index (χ3n) is 3.95. The molecule has 0 fully saturated rings. The minimum atomic E-state index is -3.83. The summed E-state index contributed by atoms with van der Waals surface area (Å²) in [6.45, 7) is 2.43. The van der Waals surface area contributed by atoms with Crippen LogP contribution in [0.2, 0.25) is 0 Å². The number of para-hydroxylation sites is 2. The Kier molecular flexibility index (Phi) is 7.21. The minimum absolute atomic E-state index is 0.0659. The first-order valence-corrected chi connectivity index (χ1v) is 11.1. The van der Waals surface area contributed by atoms with Gasteiger partial charge in [0.15, 0.2) is 5.11 Å². The van der Waals surface area contributed by atoms with E-state index in [0.29, 0.717) is 23.2 Å². The normalized spacial score (nSPS) is 10.8. The van der Waals surface area contributed by atoms with Crippen molar-refractivity contribution in [1.29, 1.82) is 0 Å². The quantitative estimate of drug-likeness (QED) is 0.435. The van der Waals surface area contributed by atoms with E-state index in [1.165, 1.54) is 31.6 Å². The minimum Gasteiger partial charge on any atom is -0.492 e. The van der Waals surface area contributed by atoms with Crippen molar-refractivity contribution in [3.8, 4) is 11.6 Å². The molecule has 11 heteroatoms. The zero-order chi connectivity index (χ0) is 22.3. The van der Waals surface area contributed by atoms with Crippen LogP contribution in [0.25, 0.3) is 0 Å². The van der Waals surface area contributed by atoms with Crippen LogP contribution in [0.1, 0.15) is 6.92 Å². The monoisotopic (exact) mass is 459 g/mol. The predicted molar refractivity (Wildman–Crippen MR) is 123 cm³/mol. The molecule has 0 aliphatic rings. The molecule has 1 heterocycles. The van der Waals surface area contributed by atoms with E-state index in [2.05, 4.69) is 25.3 Å². The summed E-state index contributed by atoms with van der Waals surface area (Å²) < 4.78 is 38.1. The van der Waals surface area contributed by atoms with Crippen LogP contribution < -0.4 is 24.8 Å². The number of rotatable bonds is 8. The fourth-order valence-electron chi connectivity index (χ4n) is 2.56. The molecule has 0 bridgehead atoms. The maximum Gasteiger partial charge on any atom is 0.263 e. The van der Waals surface area contributed by atoms with Gasteiger partial charge < -0.3 is 20.1 Å². The van der Waals surface area contributed by atoms with Crippen molar-refractivity contribution in [3.63, 3.8) is 0 Å². The Morgan fingerprint density at radius 2 is 1.81 bits per heavy atom. The van der Waals surface area contributed by atoms with Crippen LogP contribution in [0, 0.1) is 0 Å². The number of nitrogens with one attached hydrogen (secondary N) is 3. The summed E-state index contributed by atoms with van der Waals surface area (Å²) in [6, 6.07) is 15.0. The molecule has 162 valence electrons. The molecule has 0 unspecified atom stereocenters. The van der Waals surface area contributed by atoms with Crippen molar-refractivity contribution in [2.45, 2.75) is 11.8 Å². The summed E-state index contributed by atoms with van der Waals surface area (Å²) in [5.74, 6) is 1.04. The topological polar surface area (TPSA) is 114 Å². The van der Waals surface area contributed by atoms with Gasteiger partial charge >= 0.3 is 0 Å². The summed E-state index contributed by atoms with van der Waals surface area (Å²) in [5.41, 5.74) is 1.35. The van der Waals surface area contributed by atoms with E-state index < -0.39 is 10.0 Å². The second kappa shape index (κ2) is 10.0. The summed E-state index contributed by atoms with van der Waals surface area (Å²) in [7, 11) is -2.40. The van der Waals surface area contributed by atoms with Crippen LogP contribution in [0.4, 0.5) is 17.2 Å². The lowest BCUT2D eigenvalue weighted by Crippen LogP contribution is -2.19. The van der Waals surface area contributed by atoms with Crippen molar-refractivity contribution in [3.05, 3.63) is 60.9 Å². The highest BCUT2D eigenvalue weighted by molar-refractivity contribution is 7.92. The third-order valence-corrected chi connectivity index (χ3v) is 5.52. The smallest absolute Gasteiger partial charge is 0.263 e. The number of benzene rings is 2. The molecular formula is C20H21N5O4S2. The highest BCUT2D eigenvalue weighted by Crippen LogP contribution is 2.24. The molecule has 0 amide bonds. The van der Waals surface area contributed by atoms with Crippen molar-refractivity contribution in [2.75, 3.05) is 29.1 Å². The highest BCUT2D eigenvalue weighted by Gasteiger charge is 2.15. The fourth-order valence-corrected chi connectivity index (χ4v) is 3.78. The molecule has 31 heavy (non-hydrogen) atoms. The largest absolute Gasteiger partial charge is 0.492 e. The molecule has 1 aromatic heterocycles. The molecule has 0 spiro atoms. The number of nitrogens with zero attached hydrogens (tertiary/aromatic N) is 2. The zero-order valence-electron chi connectivity index (χ0n) is 16.8. The summed E-state index contributed by atoms with van der Waals surface area (Å²) in [6.07, 6.45) is 1.21. The first kappa shape index (κ1) is 22.2. The van der Waals surface area contributed by atoms with Crippen LogP contribution in [-0.2, 0) is 10.0 Å². The highest BCUT2D eigenvalue weighted by atomic mass is 32.2. The van der Waals surface area contributed by atoms with Gasteiger partial charge in [0.1, 0.15) is 17.9 Å². The van der Waals surface area contributed by atoms with Crippen LogP contribution in [-0.4, -0.2) is 37.2 Å². The van der Waals surface area contributed by atoms with Gasteiger partial charge in [0.2, 0.25) is 5.88 Å². The Balaban J connectivity index is 1.66. The zero-order valence-corrected chi connectivity index (χ0v) is 18.5. The average molecular weight is 460 g/mol. The molecule has 2 aromatic carbocycles. The molecule has 0 aliphatic carbocycles. The molecular weight excluding hydrogens is 438 g/mol. The summed E-state index contributed by atoms with van der Waals surface area (Å²) in [5, 5.41) is 6.43. The van der Waals surface area contributed by atoms with Gasteiger partial charge in [-0.3, -0.25) is 4.72 Å². The van der Waals surface area contributed by atoms with E-state index in [0.717, 1.165) is 5.69 Å². The Hall–Kier alpha value is -3.44. The Labute approximate surface area is 185 Å². The van der Waals surface area contributed by atoms with Gasteiger partial charge in [-0.2, -0.15) is 0 Å². The van der Waals surface area contributed by atoms with Crippen molar-refractivity contribution in [1.82, 2.24) is 9.97 Å². The molecule has 0 saturated heterocycles. The molecule has 3 rings (SSSR count). The van der Waals surface area contributed by atoms with Gasteiger partial charge in [-0.1, -0.05) is 12.1 Å². The van der Waals surface area contributed by atoms with Crippen LogP contribution in [0.3, 0.4) is 0 Å². The molecule has 3 aromatic rings. The van der Waals surface area contributed by atoms with E-state index in [-0.39, 0.29) is 16.6 Å². The Morgan fingerprint density at radius 1 is 1.06 bits per heavy atom. The Bertz CT molecular complexity index is 1150. The third kappa shape index (κ3) is 6.03. The van der Waals surface area contributed by atoms with Gasteiger partial charge in [0, 0.05) is 11.8 Å². The van der Waals surface area contributed by atoms with E-state index in [4.69, 9.17) is 21.7 Å². The first-order valence-electron chi connectivity index (χ1n) is 9.20. The lowest BCUT2D eigenvalue weighted by molar-refractivity contribution is 0.342. The van der Waals surface area contributed by atoms with Crippen LogP contribution in [0.15, 0.2) is 65.8 Å². The van der Waals surface area contributed by atoms with Crippen LogP contribution in [0.5, 0.6) is 11.6 Å². The lowest BCUT2D eigenvalue weighted by atomic mass is 10.3. The van der Waals surface area contributed by atoms with Gasteiger partial charge in [-0.25, -0.2) is 18.4 Å². The summed E-state index contributed by atoms with van der Waals surface area (Å²) in [4.78, 5) is 7.79.